The smallest absolute Gasteiger partial charge is 0.306 e. The Labute approximate surface area is 194 Å². The summed E-state index contributed by atoms with van der Waals surface area (Å²) in [5, 5.41) is 1.24. The van der Waals surface area contributed by atoms with E-state index in [9.17, 15) is 9.59 Å². The lowest BCUT2D eigenvalue weighted by Crippen LogP contribution is -2.49. The van der Waals surface area contributed by atoms with Gasteiger partial charge in [0.2, 0.25) is 5.91 Å². The molecule has 2 aromatic rings. The molecule has 7 nitrogen and oxygen atoms in total. The van der Waals surface area contributed by atoms with Gasteiger partial charge in [0.1, 0.15) is 16.5 Å². The van der Waals surface area contributed by atoms with Crippen LogP contribution in [0.25, 0.3) is 10.2 Å². The number of ether oxygens (including phenoxy) is 1. The second-order valence-corrected chi connectivity index (χ2v) is 10.3. The largest absolute Gasteiger partial charge is 0.466 e. The molecule has 0 saturated carbocycles. The molecule has 0 bridgehead atoms. The standard InChI is InChI=1S/C24H34N4O3S/c1-5-31-20(30)9-8-19(29)27-10-12-28(13-11-27)23-21-17-7-6-16(4)14-18(17)32-24(21)26-22(25-23)15(2)3/h15-16H,5-14H2,1-4H3/t16-/m1/s1. The number of piperazine rings is 1. The molecule has 32 heavy (non-hydrogen) atoms. The summed E-state index contributed by atoms with van der Waals surface area (Å²) < 4.78 is 4.94. The molecule has 8 heteroatoms. The molecule has 4 rings (SSSR count). The minimum Gasteiger partial charge on any atom is -0.466 e. The second-order valence-electron chi connectivity index (χ2n) is 9.26. The third-order valence-corrected chi connectivity index (χ3v) is 7.60. The first kappa shape index (κ1) is 23.0. The Morgan fingerprint density at radius 2 is 1.91 bits per heavy atom. The van der Waals surface area contributed by atoms with Crippen LogP contribution in [-0.4, -0.2) is 59.5 Å². The van der Waals surface area contributed by atoms with Gasteiger partial charge in [0.15, 0.2) is 0 Å². The van der Waals surface area contributed by atoms with Crippen molar-refractivity contribution in [2.45, 2.75) is 65.7 Å². The predicted molar refractivity (Wildman–Crippen MR) is 127 cm³/mol. The number of hydrogen-bond donors (Lipinski definition) is 0. The van der Waals surface area contributed by atoms with Crippen LogP contribution in [0.3, 0.4) is 0 Å². The molecular formula is C24H34N4O3S. The number of esters is 1. The Bertz CT molecular complexity index is 995. The highest BCUT2D eigenvalue weighted by Gasteiger charge is 2.29. The van der Waals surface area contributed by atoms with Crippen LogP contribution in [0.1, 0.15) is 69.1 Å². The van der Waals surface area contributed by atoms with Gasteiger partial charge in [0.05, 0.1) is 18.4 Å². The number of hydrogen-bond acceptors (Lipinski definition) is 7. The summed E-state index contributed by atoms with van der Waals surface area (Å²) in [7, 11) is 0. The quantitative estimate of drug-likeness (QED) is 0.611. The van der Waals surface area contributed by atoms with E-state index in [4.69, 9.17) is 14.7 Å². The summed E-state index contributed by atoms with van der Waals surface area (Å²) in [6.45, 7) is 11.5. The molecule has 1 fully saturated rings. The van der Waals surface area contributed by atoms with Gasteiger partial charge in [0.25, 0.3) is 0 Å². The van der Waals surface area contributed by atoms with Crippen molar-refractivity contribution in [3.63, 3.8) is 0 Å². The van der Waals surface area contributed by atoms with Crippen LogP contribution in [0.15, 0.2) is 0 Å². The van der Waals surface area contributed by atoms with Crippen LogP contribution in [0.2, 0.25) is 0 Å². The van der Waals surface area contributed by atoms with E-state index < -0.39 is 0 Å². The number of amides is 1. The van der Waals surface area contributed by atoms with E-state index in [0.29, 0.717) is 19.7 Å². The van der Waals surface area contributed by atoms with E-state index >= 15 is 0 Å². The van der Waals surface area contributed by atoms with Gasteiger partial charge in [-0.2, -0.15) is 0 Å². The molecule has 0 aromatic carbocycles. The monoisotopic (exact) mass is 458 g/mol. The molecule has 0 radical (unpaired) electrons. The third kappa shape index (κ3) is 4.75. The molecule has 2 aliphatic rings. The molecular weight excluding hydrogens is 424 g/mol. The van der Waals surface area contributed by atoms with Crippen LogP contribution in [0, 0.1) is 5.92 Å². The first-order valence-corrected chi connectivity index (χ1v) is 12.7. The van der Waals surface area contributed by atoms with Crippen molar-refractivity contribution < 1.29 is 14.3 Å². The molecule has 174 valence electrons. The maximum absolute atomic E-state index is 12.6. The molecule has 0 spiro atoms. The van der Waals surface area contributed by atoms with E-state index in [0.717, 1.165) is 48.3 Å². The average Bonchev–Trinajstić information content (AvgIpc) is 3.14. The molecule has 0 unspecified atom stereocenters. The van der Waals surface area contributed by atoms with Gasteiger partial charge < -0.3 is 14.5 Å². The predicted octanol–water partition coefficient (Wildman–Crippen LogP) is 3.93. The highest BCUT2D eigenvalue weighted by atomic mass is 32.1. The summed E-state index contributed by atoms with van der Waals surface area (Å²) in [6.07, 6.45) is 3.81. The Morgan fingerprint density at radius 3 is 2.59 bits per heavy atom. The minimum atomic E-state index is -0.305. The Balaban J connectivity index is 1.52. The van der Waals surface area contributed by atoms with E-state index in [1.165, 1.54) is 22.2 Å². The molecule has 1 atom stereocenters. The molecule has 0 N–H and O–H groups in total. The van der Waals surface area contributed by atoms with Gasteiger partial charge in [-0.05, 0) is 37.7 Å². The summed E-state index contributed by atoms with van der Waals surface area (Å²) in [6, 6.07) is 0. The maximum Gasteiger partial charge on any atom is 0.306 e. The summed E-state index contributed by atoms with van der Waals surface area (Å²) in [5.41, 5.74) is 1.45. The fourth-order valence-corrected chi connectivity index (χ4v) is 5.98. The summed E-state index contributed by atoms with van der Waals surface area (Å²) in [4.78, 5) is 40.9. The number of aryl methyl sites for hydroxylation is 1. The first-order valence-electron chi connectivity index (χ1n) is 11.9. The number of aromatic nitrogens is 2. The van der Waals surface area contributed by atoms with E-state index in [1.54, 1.807) is 6.92 Å². The zero-order valence-corrected chi connectivity index (χ0v) is 20.5. The fraction of sp³-hybridized carbons (Fsp3) is 0.667. The first-order chi connectivity index (χ1) is 15.4. The highest BCUT2D eigenvalue weighted by molar-refractivity contribution is 7.19. The van der Waals surface area contributed by atoms with Crippen LogP contribution in [0.4, 0.5) is 5.82 Å². The van der Waals surface area contributed by atoms with Crippen molar-refractivity contribution in [2.24, 2.45) is 5.92 Å². The van der Waals surface area contributed by atoms with Gasteiger partial charge >= 0.3 is 5.97 Å². The van der Waals surface area contributed by atoms with Crippen molar-refractivity contribution >= 4 is 39.2 Å². The van der Waals surface area contributed by atoms with Crippen molar-refractivity contribution in [3.8, 4) is 0 Å². The van der Waals surface area contributed by atoms with E-state index in [2.05, 4.69) is 25.7 Å². The van der Waals surface area contributed by atoms with Crippen molar-refractivity contribution in [1.29, 1.82) is 0 Å². The van der Waals surface area contributed by atoms with Crippen molar-refractivity contribution in [2.75, 3.05) is 37.7 Å². The van der Waals surface area contributed by atoms with Crippen LogP contribution in [0.5, 0.6) is 0 Å². The average molecular weight is 459 g/mol. The lowest BCUT2D eigenvalue weighted by atomic mass is 9.89. The molecule has 1 aliphatic heterocycles. The number of anilines is 1. The highest BCUT2D eigenvalue weighted by Crippen LogP contribution is 2.41. The van der Waals surface area contributed by atoms with Gasteiger partial charge in [-0.3, -0.25) is 9.59 Å². The minimum absolute atomic E-state index is 0.0234. The van der Waals surface area contributed by atoms with Gasteiger partial charge in [-0.15, -0.1) is 11.3 Å². The van der Waals surface area contributed by atoms with Crippen molar-refractivity contribution in [1.82, 2.24) is 14.9 Å². The summed E-state index contributed by atoms with van der Waals surface area (Å²) in [5.74, 6) is 2.65. The number of thiophene rings is 1. The fourth-order valence-electron chi connectivity index (χ4n) is 4.59. The maximum atomic E-state index is 12.6. The number of fused-ring (bicyclic) bond motifs is 3. The zero-order valence-electron chi connectivity index (χ0n) is 19.6. The number of carbonyl (C=O) groups excluding carboxylic acids is 2. The molecule has 3 heterocycles. The molecule has 2 aromatic heterocycles. The van der Waals surface area contributed by atoms with Crippen LogP contribution >= 0.6 is 11.3 Å². The Morgan fingerprint density at radius 1 is 1.16 bits per heavy atom. The van der Waals surface area contributed by atoms with Gasteiger partial charge in [0, 0.05) is 43.4 Å². The SMILES string of the molecule is CCOC(=O)CCC(=O)N1CCN(c2nc(C(C)C)nc3sc4c(c23)CC[C@@H](C)C4)CC1. The third-order valence-electron chi connectivity index (χ3n) is 6.45. The van der Waals surface area contributed by atoms with Crippen molar-refractivity contribution in [3.05, 3.63) is 16.3 Å². The molecule has 1 saturated heterocycles. The number of carbonyl (C=O) groups is 2. The number of rotatable bonds is 6. The zero-order chi connectivity index (χ0) is 22.8. The van der Waals surface area contributed by atoms with E-state index in [1.807, 2.05) is 16.2 Å². The lowest BCUT2D eigenvalue weighted by Gasteiger charge is -2.36. The topological polar surface area (TPSA) is 75.6 Å². The molecule has 1 amide bonds. The van der Waals surface area contributed by atoms with E-state index in [-0.39, 0.29) is 30.6 Å². The molecule has 1 aliphatic carbocycles. The lowest BCUT2D eigenvalue weighted by molar-refractivity contribution is -0.145. The van der Waals surface area contributed by atoms with Gasteiger partial charge in [-0.25, -0.2) is 9.97 Å². The van der Waals surface area contributed by atoms with Crippen LogP contribution < -0.4 is 4.90 Å². The number of nitrogens with zero attached hydrogens (tertiary/aromatic N) is 4. The Kier molecular flexibility index (Phi) is 6.98. The normalized spacial score (nSPS) is 18.8. The summed E-state index contributed by atoms with van der Waals surface area (Å²) >= 11 is 1.85. The Hall–Kier alpha value is -2.22. The van der Waals surface area contributed by atoms with Crippen LogP contribution in [-0.2, 0) is 27.2 Å². The van der Waals surface area contributed by atoms with Gasteiger partial charge in [-0.1, -0.05) is 20.8 Å². The second kappa shape index (κ2) is 9.73.